The Kier molecular flexibility index (Phi) is 3.11. The normalized spacial score (nSPS) is 48.3. The molecule has 0 radical (unpaired) electrons. The SMILES string of the molecule is C[C@H]1CC(=O)C=C2C=C[C@@H]3[C@H](CC[C@]4(C)C(=O)CC[C@@H]34)[C@]21C=O. The summed E-state index contributed by atoms with van der Waals surface area (Å²) >= 11 is 0. The van der Waals surface area contributed by atoms with Gasteiger partial charge in [-0.2, -0.15) is 0 Å². The van der Waals surface area contributed by atoms with E-state index in [0.29, 0.717) is 30.5 Å². The molecule has 2 fully saturated rings. The lowest BCUT2D eigenvalue weighted by Crippen LogP contribution is -2.53. The average molecular weight is 312 g/mol. The van der Waals surface area contributed by atoms with Crippen molar-refractivity contribution in [2.24, 2.45) is 34.5 Å². The molecule has 0 aromatic carbocycles. The van der Waals surface area contributed by atoms with E-state index in [-0.39, 0.29) is 23.0 Å². The summed E-state index contributed by atoms with van der Waals surface area (Å²) in [6.07, 6.45) is 10.9. The molecule has 122 valence electrons. The molecule has 3 heteroatoms. The molecule has 0 N–H and O–H groups in total. The molecular formula is C20H24O3. The molecule has 23 heavy (non-hydrogen) atoms. The van der Waals surface area contributed by atoms with Crippen LogP contribution in [0.2, 0.25) is 0 Å². The lowest BCUT2D eigenvalue weighted by Gasteiger charge is -2.55. The summed E-state index contributed by atoms with van der Waals surface area (Å²) in [7, 11) is 0. The van der Waals surface area contributed by atoms with Gasteiger partial charge in [-0.25, -0.2) is 0 Å². The van der Waals surface area contributed by atoms with Crippen molar-refractivity contribution in [3.05, 3.63) is 23.8 Å². The average Bonchev–Trinajstić information content (AvgIpc) is 2.82. The van der Waals surface area contributed by atoms with Gasteiger partial charge in [0.25, 0.3) is 0 Å². The second-order valence-corrected chi connectivity index (χ2v) is 8.29. The van der Waals surface area contributed by atoms with E-state index in [2.05, 4.69) is 13.0 Å². The van der Waals surface area contributed by atoms with E-state index in [4.69, 9.17) is 0 Å². The lowest BCUT2D eigenvalue weighted by atomic mass is 9.47. The predicted molar refractivity (Wildman–Crippen MR) is 86.6 cm³/mol. The molecule has 4 aliphatic carbocycles. The summed E-state index contributed by atoms with van der Waals surface area (Å²) < 4.78 is 0. The van der Waals surface area contributed by atoms with Crippen molar-refractivity contribution in [2.75, 3.05) is 0 Å². The van der Waals surface area contributed by atoms with Crippen molar-refractivity contribution in [3.63, 3.8) is 0 Å². The Balaban J connectivity index is 1.83. The highest BCUT2D eigenvalue weighted by Crippen LogP contribution is 2.63. The molecule has 2 saturated carbocycles. The largest absolute Gasteiger partial charge is 0.302 e. The minimum atomic E-state index is -0.527. The maximum Gasteiger partial charge on any atom is 0.156 e. The molecule has 0 heterocycles. The molecule has 0 amide bonds. The number of fused-ring (bicyclic) bond motifs is 5. The summed E-state index contributed by atoms with van der Waals surface area (Å²) in [4.78, 5) is 36.6. The molecule has 0 aliphatic heterocycles. The molecule has 4 aliphatic rings. The van der Waals surface area contributed by atoms with Crippen LogP contribution in [0.4, 0.5) is 0 Å². The molecule has 0 unspecified atom stereocenters. The molecule has 0 saturated heterocycles. The molecule has 0 bridgehead atoms. The Labute approximate surface area is 137 Å². The van der Waals surface area contributed by atoms with E-state index >= 15 is 0 Å². The third-order valence-corrected chi connectivity index (χ3v) is 7.49. The topological polar surface area (TPSA) is 51.2 Å². The monoisotopic (exact) mass is 312 g/mol. The third kappa shape index (κ3) is 1.74. The van der Waals surface area contributed by atoms with Gasteiger partial charge in [-0.1, -0.05) is 26.0 Å². The molecular weight excluding hydrogens is 288 g/mol. The Morgan fingerprint density at radius 1 is 1.22 bits per heavy atom. The van der Waals surface area contributed by atoms with Crippen molar-refractivity contribution in [2.45, 2.75) is 46.0 Å². The van der Waals surface area contributed by atoms with Gasteiger partial charge >= 0.3 is 0 Å². The summed E-state index contributed by atoms with van der Waals surface area (Å²) in [5.41, 5.74) is 0.176. The number of carbonyl (C=O) groups excluding carboxylic acids is 3. The first-order chi connectivity index (χ1) is 10.9. The first-order valence-corrected chi connectivity index (χ1v) is 8.86. The van der Waals surface area contributed by atoms with Crippen molar-refractivity contribution < 1.29 is 14.4 Å². The predicted octanol–water partition coefficient (Wildman–Crippen LogP) is 3.29. The third-order valence-electron chi connectivity index (χ3n) is 7.49. The fourth-order valence-corrected chi connectivity index (χ4v) is 6.16. The van der Waals surface area contributed by atoms with Crippen molar-refractivity contribution in [3.8, 4) is 0 Å². The van der Waals surface area contributed by atoms with E-state index in [9.17, 15) is 14.4 Å². The van der Waals surface area contributed by atoms with Crippen LogP contribution in [-0.4, -0.2) is 17.9 Å². The Bertz CT molecular complexity index is 658. The number of aldehydes is 1. The van der Waals surface area contributed by atoms with Gasteiger partial charge < -0.3 is 4.79 Å². The number of hydrogen-bond acceptors (Lipinski definition) is 3. The van der Waals surface area contributed by atoms with Gasteiger partial charge in [0.2, 0.25) is 0 Å². The van der Waals surface area contributed by atoms with Crippen LogP contribution in [0.3, 0.4) is 0 Å². The second-order valence-electron chi connectivity index (χ2n) is 8.29. The molecule has 4 rings (SSSR count). The minimum Gasteiger partial charge on any atom is -0.302 e. The summed E-state index contributed by atoms with van der Waals surface area (Å²) in [5, 5.41) is 0. The van der Waals surface area contributed by atoms with Crippen LogP contribution in [0, 0.1) is 34.5 Å². The molecule has 0 aromatic rings. The summed E-state index contributed by atoms with van der Waals surface area (Å²) in [5.74, 6) is 1.47. The van der Waals surface area contributed by atoms with E-state index in [1.807, 2.05) is 13.0 Å². The second kappa shape index (κ2) is 4.75. The van der Waals surface area contributed by atoms with Gasteiger partial charge in [-0.3, -0.25) is 9.59 Å². The van der Waals surface area contributed by atoms with Gasteiger partial charge in [0.15, 0.2) is 5.78 Å². The summed E-state index contributed by atoms with van der Waals surface area (Å²) in [6, 6.07) is 0. The van der Waals surface area contributed by atoms with Crippen LogP contribution >= 0.6 is 0 Å². The van der Waals surface area contributed by atoms with Crippen LogP contribution in [0.15, 0.2) is 23.8 Å². The van der Waals surface area contributed by atoms with Gasteiger partial charge in [0.1, 0.15) is 12.1 Å². The first-order valence-electron chi connectivity index (χ1n) is 8.86. The zero-order valence-electron chi connectivity index (χ0n) is 13.9. The van der Waals surface area contributed by atoms with Gasteiger partial charge in [0, 0.05) is 18.3 Å². The van der Waals surface area contributed by atoms with Crippen molar-refractivity contribution in [1.82, 2.24) is 0 Å². The zero-order chi connectivity index (χ0) is 16.4. The summed E-state index contributed by atoms with van der Waals surface area (Å²) in [6.45, 7) is 4.17. The lowest BCUT2D eigenvalue weighted by molar-refractivity contribution is -0.134. The van der Waals surface area contributed by atoms with E-state index < -0.39 is 5.41 Å². The van der Waals surface area contributed by atoms with E-state index in [0.717, 1.165) is 31.1 Å². The molecule has 3 nitrogen and oxygen atoms in total. The molecule has 0 aromatic heterocycles. The van der Waals surface area contributed by atoms with Gasteiger partial charge in [-0.05, 0) is 54.6 Å². The number of Topliss-reactive ketones (excluding diaryl/α,β-unsaturated/α-hetero) is 1. The van der Waals surface area contributed by atoms with Crippen LogP contribution < -0.4 is 0 Å². The quantitative estimate of drug-likeness (QED) is 0.698. The fraction of sp³-hybridized carbons (Fsp3) is 0.650. The Morgan fingerprint density at radius 3 is 2.74 bits per heavy atom. The standard InChI is InChI=1S/C20H24O3/c1-12-9-14(22)10-13-3-4-15-16-5-6-18(23)19(16,2)8-7-17(15)20(12,13)11-21/h3-4,10-12,15-17H,5-9H2,1-2H3/t12-,15-,16-,17-,19-,20-/m0/s1. The zero-order valence-corrected chi connectivity index (χ0v) is 13.9. The number of ketones is 2. The van der Waals surface area contributed by atoms with Gasteiger partial charge in [-0.15, -0.1) is 0 Å². The molecule has 6 atom stereocenters. The van der Waals surface area contributed by atoms with Crippen LogP contribution in [0.25, 0.3) is 0 Å². The van der Waals surface area contributed by atoms with E-state index in [1.54, 1.807) is 6.08 Å². The van der Waals surface area contributed by atoms with Crippen LogP contribution in [0.1, 0.15) is 46.0 Å². The molecule has 0 spiro atoms. The minimum absolute atomic E-state index is 0.0476. The van der Waals surface area contributed by atoms with Crippen LogP contribution in [0.5, 0.6) is 0 Å². The highest BCUT2D eigenvalue weighted by molar-refractivity contribution is 5.95. The number of rotatable bonds is 1. The van der Waals surface area contributed by atoms with Crippen molar-refractivity contribution >= 4 is 17.9 Å². The first kappa shape index (κ1) is 15.0. The number of hydrogen-bond donors (Lipinski definition) is 0. The fourth-order valence-electron chi connectivity index (χ4n) is 6.16. The number of carbonyl (C=O) groups is 3. The van der Waals surface area contributed by atoms with E-state index in [1.165, 1.54) is 0 Å². The highest BCUT2D eigenvalue weighted by Gasteiger charge is 2.60. The van der Waals surface area contributed by atoms with Gasteiger partial charge in [0.05, 0.1) is 5.41 Å². The smallest absolute Gasteiger partial charge is 0.156 e. The number of allylic oxidation sites excluding steroid dienone is 4. The van der Waals surface area contributed by atoms with Crippen molar-refractivity contribution in [1.29, 1.82) is 0 Å². The Morgan fingerprint density at radius 2 is 2.00 bits per heavy atom. The maximum atomic E-state index is 12.4. The van der Waals surface area contributed by atoms with Crippen LogP contribution in [-0.2, 0) is 14.4 Å². The maximum absolute atomic E-state index is 12.4. The highest BCUT2D eigenvalue weighted by atomic mass is 16.1. The Hall–Kier alpha value is -1.51.